The van der Waals surface area contributed by atoms with Gasteiger partial charge in [-0.15, -0.1) is 0 Å². The molecule has 0 aliphatic carbocycles. The Bertz CT molecular complexity index is 453. The van der Waals surface area contributed by atoms with Crippen molar-refractivity contribution in [2.75, 3.05) is 20.5 Å². The van der Waals surface area contributed by atoms with E-state index in [0.717, 1.165) is 5.56 Å². The van der Waals surface area contributed by atoms with Crippen molar-refractivity contribution in [2.24, 2.45) is 4.99 Å². The van der Waals surface area contributed by atoms with E-state index in [9.17, 15) is 0 Å². The molecule has 1 rings (SSSR count). The predicted octanol–water partition coefficient (Wildman–Crippen LogP) is 2.40. The molecule has 96 valence electrons. The Morgan fingerprint density at radius 1 is 1.39 bits per heavy atom. The molecule has 0 aliphatic rings. The molecule has 0 bridgehead atoms. The van der Waals surface area contributed by atoms with Crippen molar-refractivity contribution < 1.29 is 9.47 Å². The van der Waals surface area contributed by atoms with Crippen LogP contribution in [0, 0.1) is 11.5 Å². The number of para-hydroxylation sites is 1. The van der Waals surface area contributed by atoms with Gasteiger partial charge < -0.3 is 9.47 Å². The third kappa shape index (κ3) is 3.74. The number of amidine groups is 1. The maximum absolute atomic E-state index is 8.61. The molecular formula is C12H15N3O2S. The highest BCUT2D eigenvalue weighted by Crippen LogP contribution is 2.28. The van der Waals surface area contributed by atoms with Crippen LogP contribution in [0.4, 0.5) is 5.69 Å². The van der Waals surface area contributed by atoms with Crippen molar-refractivity contribution in [3.8, 4) is 6.19 Å². The Labute approximate surface area is 111 Å². The van der Waals surface area contributed by atoms with Crippen LogP contribution in [0.2, 0.25) is 0 Å². The first-order valence-electron chi connectivity index (χ1n) is 5.19. The van der Waals surface area contributed by atoms with Gasteiger partial charge in [0, 0.05) is 19.8 Å². The highest BCUT2D eigenvalue weighted by Gasteiger charge is 2.13. The second-order valence-electron chi connectivity index (χ2n) is 3.22. The van der Waals surface area contributed by atoms with Gasteiger partial charge in [0.05, 0.1) is 5.69 Å². The number of nitriles is 1. The summed E-state index contributed by atoms with van der Waals surface area (Å²) in [5.74, 6) is 0. The lowest BCUT2D eigenvalue weighted by atomic mass is 10.2. The highest BCUT2D eigenvalue weighted by atomic mass is 32.2. The number of nitrogens with zero attached hydrogens (tertiary/aromatic N) is 2. The van der Waals surface area contributed by atoms with Crippen molar-refractivity contribution in [1.29, 1.82) is 5.26 Å². The van der Waals surface area contributed by atoms with Gasteiger partial charge in [0.1, 0.15) is 0 Å². The molecule has 1 aromatic carbocycles. The van der Waals surface area contributed by atoms with Crippen LogP contribution in [0.1, 0.15) is 11.9 Å². The third-order valence-electron chi connectivity index (χ3n) is 2.20. The number of methoxy groups -OCH3 is 2. The van der Waals surface area contributed by atoms with E-state index in [1.54, 1.807) is 14.2 Å². The quantitative estimate of drug-likeness (QED) is 0.298. The van der Waals surface area contributed by atoms with Crippen molar-refractivity contribution >= 4 is 22.6 Å². The summed E-state index contributed by atoms with van der Waals surface area (Å²) < 4.78 is 10.4. The summed E-state index contributed by atoms with van der Waals surface area (Å²) in [6.45, 7) is 0. The van der Waals surface area contributed by atoms with E-state index in [0.29, 0.717) is 10.9 Å². The number of aliphatic imine (C=N–C) groups is 1. The van der Waals surface area contributed by atoms with Crippen LogP contribution >= 0.6 is 11.8 Å². The SMILES string of the molecule is COC(OC)c1ccccc1N=C(NC#N)SC. The van der Waals surface area contributed by atoms with Gasteiger partial charge in [0.15, 0.2) is 17.7 Å². The minimum atomic E-state index is -0.477. The van der Waals surface area contributed by atoms with Gasteiger partial charge in [0.2, 0.25) is 0 Å². The van der Waals surface area contributed by atoms with E-state index >= 15 is 0 Å². The molecule has 0 fully saturated rings. The standard InChI is InChI=1S/C12H15N3O2S/c1-16-11(17-2)9-6-4-5-7-10(9)15-12(18-3)14-8-13/h4-7,11H,1-3H3,(H,14,15). The van der Waals surface area contributed by atoms with Gasteiger partial charge in [-0.2, -0.15) is 5.26 Å². The summed E-state index contributed by atoms with van der Waals surface area (Å²) in [6.07, 6.45) is 3.22. The molecule has 18 heavy (non-hydrogen) atoms. The van der Waals surface area contributed by atoms with Gasteiger partial charge in [-0.3, -0.25) is 5.32 Å². The molecule has 0 unspecified atom stereocenters. The number of rotatable bonds is 4. The van der Waals surface area contributed by atoms with Crippen LogP contribution in [0.3, 0.4) is 0 Å². The molecule has 0 radical (unpaired) electrons. The van der Waals surface area contributed by atoms with E-state index in [1.807, 2.05) is 36.7 Å². The van der Waals surface area contributed by atoms with Crippen LogP contribution in [0.25, 0.3) is 0 Å². The molecule has 0 heterocycles. The molecule has 0 atom stereocenters. The van der Waals surface area contributed by atoms with Gasteiger partial charge in [-0.1, -0.05) is 30.0 Å². The fourth-order valence-electron chi connectivity index (χ4n) is 1.42. The number of hydrogen-bond donors (Lipinski definition) is 1. The van der Waals surface area contributed by atoms with Gasteiger partial charge in [0.25, 0.3) is 0 Å². The predicted molar refractivity (Wildman–Crippen MR) is 72.6 cm³/mol. The second-order valence-corrected chi connectivity index (χ2v) is 4.01. The summed E-state index contributed by atoms with van der Waals surface area (Å²) >= 11 is 1.36. The maximum atomic E-state index is 8.61. The molecule has 1 N–H and O–H groups in total. The zero-order chi connectivity index (χ0) is 13.4. The van der Waals surface area contributed by atoms with Crippen LogP contribution < -0.4 is 5.32 Å². The molecule has 1 aromatic rings. The molecule has 0 saturated heterocycles. The molecule has 6 heteroatoms. The molecule has 0 aromatic heterocycles. The fourth-order valence-corrected chi connectivity index (χ4v) is 1.76. The minimum absolute atomic E-state index is 0.477. The van der Waals surface area contributed by atoms with Crippen molar-refractivity contribution in [1.82, 2.24) is 5.32 Å². The van der Waals surface area contributed by atoms with Crippen LogP contribution in [0.15, 0.2) is 29.3 Å². The molecule has 5 nitrogen and oxygen atoms in total. The van der Waals surface area contributed by atoms with Crippen LogP contribution in [-0.4, -0.2) is 25.6 Å². The molecule has 0 spiro atoms. The number of hydrogen-bond acceptors (Lipinski definition) is 5. The average molecular weight is 265 g/mol. The number of nitrogens with one attached hydrogen (secondary N) is 1. The second kappa shape index (κ2) is 7.71. The summed E-state index contributed by atoms with van der Waals surface area (Å²) in [7, 11) is 3.13. The zero-order valence-corrected chi connectivity index (χ0v) is 11.3. The van der Waals surface area contributed by atoms with E-state index in [1.165, 1.54) is 11.8 Å². The third-order valence-corrected chi connectivity index (χ3v) is 2.78. The zero-order valence-electron chi connectivity index (χ0n) is 10.5. The largest absolute Gasteiger partial charge is 0.352 e. The Morgan fingerprint density at radius 2 is 2.06 bits per heavy atom. The van der Waals surface area contributed by atoms with Gasteiger partial charge in [-0.25, -0.2) is 4.99 Å². The van der Waals surface area contributed by atoms with Crippen molar-refractivity contribution in [2.45, 2.75) is 6.29 Å². The first-order valence-corrected chi connectivity index (χ1v) is 6.41. The highest BCUT2D eigenvalue weighted by molar-refractivity contribution is 8.13. The summed E-state index contributed by atoms with van der Waals surface area (Å²) in [4.78, 5) is 4.37. The Morgan fingerprint density at radius 3 is 2.61 bits per heavy atom. The summed E-state index contributed by atoms with van der Waals surface area (Å²) in [6, 6.07) is 7.47. The van der Waals surface area contributed by atoms with E-state index in [4.69, 9.17) is 14.7 Å². The average Bonchev–Trinajstić information content (AvgIpc) is 2.41. The molecule has 0 saturated carbocycles. The molecule has 0 aliphatic heterocycles. The first kappa shape index (κ1) is 14.5. The number of benzene rings is 1. The topological polar surface area (TPSA) is 66.6 Å². The normalized spacial score (nSPS) is 11.4. The van der Waals surface area contributed by atoms with Crippen molar-refractivity contribution in [3.05, 3.63) is 29.8 Å². The number of ether oxygens (including phenoxy) is 2. The maximum Gasteiger partial charge on any atom is 0.185 e. The minimum Gasteiger partial charge on any atom is -0.352 e. The van der Waals surface area contributed by atoms with E-state index in [-0.39, 0.29) is 0 Å². The molecule has 0 amide bonds. The Hall–Kier alpha value is -1.55. The lowest BCUT2D eigenvalue weighted by Crippen LogP contribution is -2.13. The lowest BCUT2D eigenvalue weighted by molar-refractivity contribution is -0.105. The van der Waals surface area contributed by atoms with Crippen molar-refractivity contribution in [3.63, 3.8) is 0 Å². The Kier molecular flexibility index (Phi) is 6.22. The van der Waals surface area contributed by atoms with Gasteiger partial charge in [-0.05, 0) is 12.3 Å². The van der Waals surface area contributed by atoms with Gasteiger partial charge >= 0.3 is 0 Å². The summed E-state index contributed by atoms with van der Waals surface area (Å²) in [5, 5.41) is 11.7. The monoisotopic (exact) mass is 265 g/mol. The van der Waals surface area contributed by atoms with E-state index in [2.05, 4.69) is 10.3 Å². The van der Waals surface area contributed by atoms with Crippen LogP contribution in [0.5, 0.6) is 0 Å². The summed E-state index contributed by atoms with van der Waals surface area (Å²) in [5.41, 5.74) is 1.52. The Balaban J connectivity index is 3.12. The fraction of sp³-hybridized carbons (Fsp3) is 0.333. The smallest absolute Gasteiger partial charge is 0.185 e. The van der Waals surface area contributed by atoms with Crippen LogP contribution in [-0.2, 0) is 9.47 Å². The molecular weight excluding hydrogens is 250 g/mol. The number of thioether (sulfide) groups is 1. The van der Waals surface area contributed by atoms with E-state index < -0.39 is 6.29 Å². The first-order chi connectivity index (χ1) is 8.76. The lowest BCUT2D eigenvalue weighted by Gasteiger charge is -2.15.